The first-order valence-corrected chi connectivity index (χ1v) is 6.40. The van der Waals surface area contributed by atoms with Crippen molar-refractivity contribution in [2.75, 3.05) is 0 Å². The maximum atomic E-state index is 11.0. The predicted molar refractivity (Wildman–Crippen MR) is 76.8 cm³/mol. The van der Waals surface area contributed by atoms with Crippen LogP contribution in [-0.2, 0) is 9.45 Å². The summed E-state index contributed by atoms with van der Waals surface area (Å²) in [5.74, 6) is -0.245. The Balaban J connectivity index is 2.98. The second kappa shape index (κ2) is 5.95. The van der Waals surface area contributed by atoms with Crippen LogP contribution in [0.15, 0.2) is 24.3 Å². The van der Waals surface area contributed by atoms with Crippen LogP contribution in [0.5, 0.6) is 5.75 Å². The van der Waals surface area contributed by atoms with E-state index in [0.717, 1.165) is 0 Å². The largest absolute Gasteiger partial charge is 0.495 e. The number of esters is 1. The van der Waals surface area contributed by atoms with Gasteiger partial charge in [0.15, 0.2) is 0 Å². The number of carbonyl (C=O) groups is 1. The van der Waals surface area contributed by atoms with Gasteiger partial charge in [0.05, 0.1) is 11.2 Å². The summed E-state index contributed by atoms with van der Waals surface area (Å²) < 4.78 is 10.5. The first-order chi connectivity index (χ1) is 9.04. The summed E-state index contributed by atoms with van der Waals surface area (Å²) in [6.45, 7) is 7.81. The van der Waals surface area contributed by atoms with Crippen molar-refractivity contribution in [3.8, 4) is 5.75 Å². The molecule has 1 rings (SSSR count). The molecule has 2 N–H and O–H groups in total. The molecule has 5 nitrogen and oxygen atoms in total. The first-order valence-electron chi connectivity index (χ1n) is 6.40. The van der Waals surface area contributed by atoms with Gasteiger partial charge in [0.2, 0.25) is 0 Å². The monoisotopic (exact) mass is 280 g/mol. The number of benzene rings is 1. The number of carbonyl (C=O) groups excluding carboxylic acids is 1. The Morgan fingerprint density at radius 3 is 2.25 bits per heavy atom. The highest BCUT2D eigenvalue weighted by Gasteiger charge is 2.40. The average Bonchev–Trinajstić information content (AvgIpc) is 2.26. The Kier molecular flexibility index (Phi) is 4.97. The third kappa shape index (κ3) is 4.06. The number of hydrogen-bond donors (Lipinski definition) is 2. The number of ether oxygens (including phenoxy) is 1. The minimum atomic E-state index is -1.31. The summed E-state index contributed by atoms with van der Waals surface area (Å²) in [6, 6.07) is 6.56. The molecule has 6 heteroatoms. The summed E-state index contributed by atoms with van der Waals surface area (Å²) >= 11 is 0. The molecule has 20 heavy (non-hydrogen) atoms. The lowest BCUT2D eigenvalue weighted by Crippen LogP contribution is -2.53. The van der Waals surface area contributed by atoms with Crippen molar-refractivity contribution >= 4 is 18.6 Å². The van der Waals surface area contributed by atoms with Crippen LogP contribution in [0.4, 0.5) is 0 Å². The normalized spacial score (nSPS) is 12.2. The molecule has 1 aromatic rings. The lowest BCUT2D eigenvalue weighted by Gasteiger charge is -2.38. The molecule has 0 fully saturated rings. The molecule has 0 amide bonds. The van der Waals surface area contributed by atoms with E-state index in [4.69, 9.17) is 9.39 Å². The minimum absolute atomic E-state index is 0.235. The Labute approximate surface area is 119 Å². The zero-order valence-electron chi connectivity index (χ0n) is 12.5. The summed E-state index contributed by atoms with van der Waals surface area (Å²) in [6.07, 6.45) is 0. The Morgan fingerprint density at radius 1 is 1.20 bits per heavy atom. The molecule has 0 unspecified atom stereocenters. The van der Waals surface area contributed by atoms with E-state index in [0.29, 0.717) is 5.46 Å². The number of hydrogen-bond acceptors (Lipinski definition) is 5. The number of rotatable bonds is 5. The van der Waals surface area contributed by atoms with Gasteiger partial charge in [0.25, 0.3) is 0 Å². The van der Waals surface area contributed by atoms with Gasteiger partial charge in [-0.2, -0.15) is 0 Å². The van der Waals surface area contributed by atoms with Crippen molar-refractivity contribution in [1.29, 1.82) is 0 Å². The standard InChI is InChI=1S/C14H21BO5/c1-10(16)19-12-9-7-6-8-11(12)15(18)20-14(4,5)13(2,3)17/h6-9,17-18H,1-5H3. The Morgan fingerprint density at radius 2 is 1.75 bits per heavy atom. The van der Waals surface area contributed by atoms with Crippen molar-refractivity contribution in [3.63, 3.8) is 0 Å². The third-order valence-electron chi connectivity index (χ3n) is 3.32. The van der Waals surface area contributed by atoms with Gasteiger partial charge in [-0.05, 0) is 33.8 Å². The van der Waals surface area contributed by atoms with Crippen molar-refractivity contribution in [2.45, 2.75) is 45.8 Å². The van der Waals surface area contributed by atoms with Crippen molar-refractivity contribution in [3.05, 3.63) is 24.3 Å². The predicted octanol–water partition coefficient (Wildman–Crippen LogP) is 0.865. The highest BCUT2D eigenvalue weighted by Crippen LogP contribution is 2.25. The van der Waals surface area contributed by atoms with Crippen LogP contribution >= 0.6 is 0 Å². The number of para-hydroxylation sites is 1. The van der Waals surface area contributed by atoms with Crippen LogP contribution in [0.1, 0.15) is 34.6 Å². The van der Waals surface area contributed by atoms with E-state index in [1.807, 2.05) is 0 Å². The molecule has 0 saturated heterocycles. The summed E-state index contributed by atoms with van der Waals surface area (Å²) in [5, 5.41) is 20.2. The van der Waals surface area contributed by atoms with E-state index in [1.165, 1.54) is 6.92 Å². The molecule has 0 heterocycles. The molecular weight excluding hydrogens is 259 g/mol. The van der Waals surface area contributed by atoms with Crippen molar-refractivity contribution in [1.82, 2.24) is 0 Å². The Hall–Kier alpha value is -1.37. The molecular formula is C14H21BO5. The van der Waals surface area contributed by atoms with E-state index in [-0.39, 0.29) is 5.75 Å². The van der Waals surface area contributed by atoms with Gasteiger partial charge in [-0.1, -0.05) is 18.2 Å². The molecule has 0 spiro atoms. The van der Waals surface area contributed by atoms with Gasteiger partial charge >= 0.3 is 13.1 Å². The fourth-order valence-corrected chi connectivity index (χ4v) is 1.42. The molecule has 0 aromatic heterocycles. The SMILES string of the molecule is CC(=O)Oc1ccccc1B(O)OC(C)(C)C(C)(C)O. The molecule has 0 aliphatic heterocycles. The summed E-state index contributed by atoms with van der Waals surface area (Å²) in [7, 11) is -1.31. The molecule has 0 atom stereocenters. The van der Waals surface area contributed by atoms with Crippen LogP contribution in [0, 0.1) is 0 Å². The highest BCUT2D eigenvalue weighted by atomic mass is 16.6. The number of aliphatic hydroxyl groups is 1. The van der Waals surface area contributed by atoms with Gasteiger partial charge in [-0.25, -0.2) is 0 Å². The van der Waals surface area contributed by atoms with Gasteiger partial charge in [-0.3, -0.25) is 4.79 Å². The fourth-order valence-electron chi connectivity index (χ4n) is 1.42. The van der Waals surface area contributed by atoms with Gasteiger partial charge in [0, 0.05) is 12.4 Å². The molecule has 0 aliphatic rings. The van der Waals surface area contributed by atoms with E-state index >= 15 is 0 Å². The van der Waals surface area contributed by atoms with E-state index < -0.39 is 24.3 Å². The van der Waals surface area contributed by atoms with Crippen LogP contribution in [-0.4, -0.2) is 34.4 Å². The van der Waals surface area contributed by atoms with Crippen LogP contribution in [0.3, 0.4) is 0 Å². The third-order valence-corrected chi connectivity index (χ3v) is 3.32. The van der Waals surface area contributed by atoms with Crippen molar-refractivity contribution in [2.24, 2.45) is 0 Å². The fraction of sp³-hybridized carbons (Fsp3) is 0.500. The second-order valence-corrected chi connectivity index (χ2v) is 5.67. The van der Waals surface area contributed by atoms with Crippen LogP contribution < -0.4 is 10.2 Å². The molecule has 0 saturated carbocycles. The van der Waals surface area contributed by atoms with Crippen LogP contribution in [0.25, 0.3) is 0 Å². The first kappa shape index (κ1) is 16.7. The topological polar surface area (TPSA) is 76.0 Å². The zero-order valence-corrected chi connectivity index (χ0v) is 12.5. The highest BCUT2D eigenvalue weighted by molar-refractivity contribution is 6.61. The van der Waals surface area contributed by atoms with Gasteiger partial charge < -0.3 is 19.5 Å². The van der Waals surface area contributed by atoms with Crippen molar-refractivity contribution < 1.29 is 24.3 Å². The molecule has 0 bridgehead atoms. The lowest BCUT2D eigenvalue weighted by molar-refractivity contribution is -0.131. The zero-order chi connectivity index (χ0) is 15.6. The van der Waals surface area contributed by atoms with E-state index in [1.54, 1.807) is 52.0 Å². The van der Waals surface area contributed by atoms with Gasteiger partial charge in [-0.15, -0.1) is 0 Å². The molecule has 1 aromatic carbocycles. The molecule has 0 radical (unpaired) electrons. The summed E-state index contributed by atoms with van der Waals surface area (Å²) in [4.78, 5) is 11.0. The quantitative estimate of drug-likeness (QED) is 0.475. The maximum absolute atomic E-state index is 11.0. The average molecular weight is 280 g/mol. The van der Waals surface area contributed by atoms with Crippen LogP contribution in [0.2, 0.25) is 0 Å². The van der Waals surface area contributed by atoms with Gasteiger partial charge in [0.1, 0.15) is 5.75 Å². The summed E-state index contributed by atoms with van der Waals surface area (Å²) in [5.41, 5.74) is -1.81. The van der Waals surface area contributed by atoms with E-state index in [9.17, 15) is 14.9 Å². The molecule has 0 aliphatic carbocycles. The van der Waals surface area contributed by atoms with E-state index in [2.05, 4.69) is 0 Å². The molecule has 110 valence electrons. The maximum Gasteiger partial charge on any atom is 0.495 e. The lowest BCUT2D eigenvalue weighted by atomic mass is 9.76. The minimum Gasteiger partial charge on any atom is -0.427 e. The smallest absolute Gasteiger partial charge is 0.427 e. The second-order valence-electron chi connectivity index (χ2n) is 5.67. The Bertz CT molecular complexity index is 479.